The van der Waals surface area contributed by atoms with Crippen molar-refractivity contribution in [3.63, 3.8) is 0 Å². The molecule has 0 spiro atoms. The molecule has 226 valence electrons. The predicted molar refractivity (Wildman–Crippen MR) is 147 cm³/mol. The largest absolute Gasteiger partial charge is 0.513 e. The molecule has 2 unspecified atom stereocenters. The number of nitrogens with two attached hydrogens (primary N) is 1. The molecule has 0 radical (unpaired) electrons. The second-order valence-electron chi connectivity index (χ2n) is 9.86. The van der Waals surface area contributed by atoms with Crippen LogP contribution in [-0.2, 0) is 35.0 Å². The summed E-state index contributed by atoms with van der Waals surface area (Å²) in [5.41, 5.74) is 5.40. The van der Waals surface area contributed by atoms with E-state index in [1.165, 1.54) is 19.2 Å². The Morgan fingerprint density at radius 1 is 0.875 bits per heavy atom. The van der Waals surface area contributed by atoms with Crippen molar-refractivity contribution in [2.75, 3.05) is 20.3 Å². The number of ether oxygens (including phenoxy) is 6. The number of rotatable bonds is 17. The molecule has 40 heavy (non-hydrogen) atoms. The molecule has 0 saturated carbocycles. The topological polar surface area (TPSA) is 150 Å². The van der Waals surface area contributed by atoms with Gasteiger partial charge in [-0.2, -0.15) is 0 Å². The molecule has 11 nitrogen and oxygen atoms in total. The van der Waals surface area contributed by atoms with Crippen LogP contribution < -0.4 is 15.2 Å². The first kappa shape index (κ1) is 34.7. The maximum absolute atomic E-state index is 12.8. The molecule has 1 aromatic carbocycles. The zero-order valence-corrected chi connectivity index (χ0v) is 24.6. The van der Waals surface area contributed by atoms with Gasteiger partial charge < -0.3 is 34.2 Å². The standard InChI is InChI=1S/C29H45NO10/c1-7-10-15-36-27(33)39-23-14-13-22(17-24(23)40-28(34)37-16-11-8-2)19-29(30,26(32)35-6)18-21(5)38-25(31)20(4)12-9-3/h13-14,17,20-21H,7-12,15-16,18-19,30H2,1-6H3/t20?,21-,29?/m0/s1. The van der Waals surface area contributed by atoms with Gasteiger partial charge in [-0.05, 0) is 43.9 Å². The van der Waals surface area contributed by atoms with Gasteiger partial charge in [0.25, 0.3) is 0 Å². The molecule has 2 N–H and O–H groups in total. The minimum Gasteiger partial charge on any atom is -0.468 e. The van der Waals surface area contributed by atoms with Crippen molar-refractivity contribution in [2.45, 2.75) is 97.6 Å². The number of carbonyl (C=O) groups is 4. The van der Waals surface area contributed by atoms with Crippen molar-refractivity contribution in [1.82, 2.24) is 0 Å². The van der Waals surface area contributed by atoms with Gasteiger partial charge in [0.15, 0.2) is 11.5 Å². The van der Waals surface area contributed by atoms with E-state index in [2.05, 4.69) is 0 Å². The molecule has 0 aromatic heterocycles. The van der Waals surface area contributed by atoms with Crippen LogP contribution in [0.1, 0.15) is 85.1 Å². The number of methoxy groups -OCH3 is 1. The summed E-state index contributed by atoms with van der Waals surface area (Å²) in [6, 6.07) is 4.38. The molecular formula is C29H45NO10. The lowest BCUT2D eigenvalue weighted by atomic mass is 9.86. The van der Waals surface area contributed by atoms with Gasteiger partial charge in [0.1, 0.15) is 11.6 Å². The third-order valence-electron chi connectivity index (χ3n) is 6.03. The minimum atomic E-state index is -1.58. The normalized spacial score (nSPS) is 13.8. The molecular weight excluding hydrogens is 522 g/mol. The Bertz CT molecular complexity index is 966. The Balaban J connectivity index is 3.18. The smallest absolute Gasteiger partial charge is 0.468 e. The van der Waals surface area contributed by atoms with Crippen molar-refractivity contribution in [3.8, 4) is 11.5 Å². The molecule has 0 amide bonds. The molecule has 0 heterocycles. The maximum atomic E-state index is 12.8. The van der Waals surface area contributed by atoms with E-state index < -0.39 is 29.9 Å². The van der Waals surface area contributed by atoms with Crippen molar-refractivity contribution < 1.29 is 47.6 Å². The fourth-order valence-electron chi connectivity index (χ4n) is 3.88. The van der Waals surface area contributed by atoms with Gasteiger partial charge in [-0.15, -0.1) is 0 Å². The highest BCUT2D eigenvalue weighted by molar-refractivity contribution is 5.81. The first-order valence-corrected chi connectivity index (χ1v) is 13.9. The van der Waals surface area contributed by atoms with E-state index in [-0.39, 0.29) is 49.4 Å². The zero-order chi connectivity index (χ0) is 30.1. The van der Waals surface area contributed by atoms with Gasteiger partial charge in [-0.3, -0.25) is 9.59 Å². The van der Waals surface area contributed by atoms with Gasteiger partial charge >= 0.3 is 24.2 Å². The molecule has 0 saturated heterocycles. The highest BCUT2D eigenvalue weighted by Gasteiger charge is 2.38. The average Bonchev–Trinajstić information content (AvgIpc) is 2.89. The van der Waals surface area contributed by atoms with E-state index in [1.54, 1.807) is 19.9 Å². The van der Waals surface area contributed by atoms with Crippen LogP contribution in [0.3, 0.4) is 0 Å². The van der Waals surface area contributed by atoms with Crippen LogP contribution in [0.25, 0.3) is 0 Å². The third kappa shape index (κ3) is 12.2. The van der Waals surface area contributed by atoms with Crippen molar-refractivity contribution in [2.24, 2.45) is 11.7 Å². The lowest BCUT2D eigenvalue weighted by Gasteiger charge is -2.30. The van der Waals surface area contributed by atoms with Gasteiger partial charge in [0, 0.05) is 12.8 Å². The highest BCUT2D eigenvalue weighted by Crippen LogP contribution is 2.32. The summed E-state index contributed by atoms with van der Waals surface area (Å²) in [6.45, 7) is 9.65. The SMILES string of the molecule is CCCCOC(=O)Oc1ccc(CC(N)(C[C@H](C)OC(=O)C(C)CCC)C(=O)OC)cc1OC(=O)OCCCC. The van der Waals surface area contributed by atoms with Crippen LogP contribution in [0.15, 0.2) is 18.2 Å². The number of esters is 2. The van der Waals surface area contributed by atoms with E-state index in [0.717, 1.165) is 19.3 Å². The molecule has 0 aliphatic rings. The summed E-state index contributed by atoms with van der Waals surface area (Å²) in [6.07, 6.45) is 1.77. The molecule has 1 rings (SSSR count). The summed E-state index contributed by atoms with van der Waals surface area (Å²) in [4.78, 5) is 49.6. The van der Waals surface area contributed by atoms with E-state index in [1.807, 2.05) is 20.8 Å². The van der Waals surface area contributed by atoms with Gasteiger partial charge in [0.05, 0.1) is 26.2 Å². The van der Waals surface area contributed by atoms with Gasteiger partial charge in [-0.25, -0.2) is 9.59 Å². The van der Waals surface area contributed by atoms with Gasteiger partial charge in [0.2, 0.25) is 0 Å². The van der Waals surface area contributed by atoms with Crippen LogP contribution in [0.5, 0.6) is 11.5 Å². The first-order chi connectivity index (χ1) is 19.0. The first-order valence-electron chi connectivity index (χ1n) is 13.9. The van der Waals surface area contributed by atoms with Crippen LogP contribution in [0.2, 0.25) is 0 Å². The second-order valence-corrected chi connectivity index (χ2v) is 9.86. The van der Waals surface area contributed by atoms with E-state index >= 15 is 0 Å². The lowest BCUT2D eigenvalue weighted by Crippen LogP contribution is -2.53. The Kier molecular flexibility index (Phi) is 15.7. The Labute approximate surface area is 236 Å². The predicted octanol–water partition coefficient (Wildman–Crippen LogP) is 5.49. The third-order valence-corrected chi connectivity index (χ3v) is 6.03. The molecule has 11 heteroatoms. The van der Waals surface area contributed by atoms with Crippen molar-refractivity contribution in [1.29, 1.82) is 0 Å². The van der Waals surface area contributed by atoms with Crippen LogP contribution in [0.4, 0.5) is 9.59 Å². The van der Waals surface area contributed by atoms with Crippen molar-refractivity contribution in [3.05, 3.63) is 23.8 Å². The average molecular weight is 568 g/mol. The minimum absolute atomic E-state index is 0.0263. The van der Waals surface area contributed by atoms with E-state index in [0.29, 0.717) is 24.8 Å². The molecule has 0 bridgehead atoms. The number of carbonyl (C=O) groups excluding carboxylic acids is 4. The van der Waals surface area contributed by atoms with Crippen molar-refractivity contribution >= 4 is 24.2 Å². The van der Waals surface area contributed by atoms with Crippen LogP contribution in [-0.4, -0.2) is 56.2 Å². The summed E-state index contributed by atoms with van der Waals surface area (Å²) in [7, 11) is 1.21. The fraction of sp³-hybridized carbons (Fsp3) is 0.655. The van der Waals surface area contributed by atoms with E-state index in [4.69, 9.17) is 34.2 Å². The molecule has 0 aliphatic heterocycles. The maximum Gasteiger partial charge on any atom is 0.513 e. The number of hydrogen-bond acceptors (Lipinski definition) is 11. The summed E-state index contributed by atoms with van der Waals surface area (Å²) >= 11 is 0. The molecule has 0 fully saturated rings. The quantitative estimate of drug-likeness (QED) is 0.110. The number of hydrogen-bond donors (Lipinski definition) is 1. The molecule has 0 aliphatic carbocycles. The monoisotopic (exact) mass is 567 g/mol. The lowest BCUT2D eigenvalue weighted by molar-refractivity contribution is -0.157. The zero-order valence-electron chi connectivity index (χ0n) is 24.6. The summed E-state index contributed by atoms with van der Waals surface area (Å²) < 4.78 is 31.2. The molecule has 3 atom stereocenters. The van der Waals surface area contributed by atoms with E-state index in [9.17, 15) is 19.2 Å². The Morgan fingerprint density at radius 3 is 1.98 bits per heavy atom. The molecule has 1 aromatic rings. The number of unbranched alkanes of at least 4 members (excludes halogenated alkanes) is 2. The number of benzene rings is 1. The van der Waals surface area contributed by atoms with Crippen LogP contribution in [0, 0.1) is 5.92 Å². The summed E-state index contributed by atoms with van der Waals surface area (Å²) in [5, 5.41) is 0. The second kappa shape index (κ2) is 18.1. The highest BCUT2D eigenvalue weighted by atomic mass is 16.7. The Hall–Kier alpha value is -3.34. The fourth-order valence-corrected chi connectivity index (χ4v) is 3.88. The Morgan fingerprint density at radius 2 is 1.45 bits per heavy atom. The van der Waals surface area contributed by atoms with Gasteiger partial charge in [-0.1, -0.05) is 53.0 Å². The summed E-state index contributed by atoms with van der Waals surface area (Å²) in [5.74, 6) is -1.56. The van der Waals surface area contributed by atoms with Crippen LogP contribution >= 0.6 is 0 Å².